The highest BCUT2D eigenvalue weighted by Crippen LogP contribution is 2.27. The minimum atomic E-state index is -0.177. The molecule has 3 nitrogen and oxygen atoms in total. The topological polar surface area (TPSA) is 43.8 Å². The molecule has 1 aromatic heterocycles. The van der Waals surface area contributed by atoms with E-state index in [-0.39, 0.29) is 6.04 Å². The molecule has 1 atom stereocenters. The van der Waals surface area contributed by atoms with Gasteiger partial charge in [-0.15, -0.1) is 0 Å². The van der Waals surface area contributed by atoms with Crippen molar-refractivity contribution in [3.05, 3.63) is 51.2 Å². The van der Waals surface area contributed by atoms with Crippen LogP contribution in [-0.2, 0) is 6.54 Å². The number of aromatic nitrogens is 2. The molecule has 2 rings (SSSR count). The van der Waals surface area contributed by atoms with Gasteiger partial charge in [-0.05, 0) is 40.0 Å². The highest BCUT2D eigenvalue weighted by molar-refractivity contribution is 9.10. The lowest BCUT2D eigenvalue weighted by atomic mass is 10.0. The average Bonchev–Trinajstić information content (AvgIpc) is 2.81. The highest BCUT2D eigenvalue weighted by Gasteiger charge is 2.12. The largest absolute Gasteiger partial charge is 0.320 e. The molecule has 5 heteroatoms. The molecule has 1 heterocycles. The van der Waals surface area contributed by atoms with Crippen molar-refractivity contribution in [3.8, 4) is 0 Å². The lowest BCUT2D eigenvalue weighted by molar-refractivity contribution is 0.602. The van der Waals surface area contributed by atoms with Crippen molar-refractivity contribution in [1.29, 1.82) is 0 Å². The Balaban J connectivity index is 2.23. The van der Waals surface area contributed by atoms with Crippen molar-refractivity contribution in [2.45, 2.75) is 25.9 Å². The molecule has 0 aliphatic carbocycles. The Labute approximate surface area is 120 Å². The van der Waals surface area contributed by atoms with Gasteiger partial charge in [0.05, 0.1) is 17.3 Å². The molecule has 0 fully saturated rings. The Morgan fingerprint density at radius 2 is 2.22 bits per heavy atom. The predicted octanol–water partition coefficient (Wildman–Crippen LogP) is 3.76. The second kappa shape index (κ2) is 5.87. The summed E-state index contributed by atoms with van der Waals surface area (Å²) in [5.41, 5.74) is 8.26. The van der Waals surface area contributed by atoms with E-state index in [4.69, 9.17) is 17.3 Å². The Morgan fingerprint density at radius 1 is 1.44 bits per heavy atom. The van der Waals surface area contributed by atoms with Crippen LogP contribution in [0, 0.1) is 0 Å². The van der Waals surface area contributed by atoms with Gasteiger partial charge in [-0.2, -0.15) is 5.10 Å². The standard InChI is InChI=1S/C13H15BrClN3/c1-2-5-18-8-10(7-17-18)13(16)9-3-4-12(15)11(14)6-9/h3-4,6-8,13H,2,5,16H2,1H3. The summed E-state index contributed by atoms with van der Waals surface area (Å²) < 4.78 is 2.78. The minimum absolute atomic E-state index is 0.177. The number of aryl methyl sites for hydroxylation is 1. The van der Waals surface area contributed by atoms with Crippen LogP contribution in [0.1, 0.15) is 30.5 Å². The van der Waals surface area contributed by atoms with Crippen LogP contribution in [0.4, 0.5) is 0 Å². The smallest absolute Gasteiger partial charge is 0.0583 e. The van der Waals surface area contributed by atoms with E-state index < -0.39 is 0 Å². The first kappa shape index (κ1) is 13.6. The van der Waals surface area contributed by atoms with Gasteiger partial charge in [0.15, 0.2) is 0 Å². The van der Waals surface area contributed by atoms with E-state index in [0.29, 0.717) is 5.02 Å². The molecule has 2 aromatic rings. The maximum atomic E-state index is 6.23. The lowest BCUT2D eigenvalue weighted by Gasteiger charge is -2.10. The summed E-state index contributed by atoms with van der Waals surface area (Å²) in [5, 5.41) is 4.98. The van der Waals surface area contributed by atoms with Crippen LogP contribution < -0.4 is 5.73 Å². The molecule has 0 radical (unpaired) electrons. The van der Waals surface area contributed by atoms with E-state index >= 15 is 0 Å². The highest BCUT2D eigenvalue weighted by atomic mass is 79.9. The number of hydrogen-bond acceptors (Lipinski definition) is 2. The Bertz CT molecular complexity index is 539. The summed E-state index contributed by atoms with van der Waals surface area (Å²) >= 11 is 9.38. The van der Waals surface area contributed by atoms with Crippen LogP contribution >= 0.6 is 27.5 Å². The fourth-order valence-corrected chi connectivity index (χ4v) is 2.30. The van der Waals surface area contributed by atoms with Gasteiger partial charge in [-0.25, -0.2) is 0 Å². The zero-order valence-corrected chi connectivity index (χ0v) is 12.4. The summed E-state index contributed by atoms with van der Waals surface area (Å²) in [6.45, 7) is 3.04. The van der Waals surface area contributed by atoms with Crippen LogP contribution in [-0.4, -0.2) is 9.78 Å². The van der Waals surface area contributed by atoms with E-state index in [1.54, 1.807) is 0 Å². The zero-order chi connectivity index (χ0) is 13.1. The summed E-state index contributed by atoms with van der Waals surface area (Å²) in [7, 11) is 0. The first-order valence-electron chi connectivity index (χ1n) is 5.84. The minimum Gasteiger partial charge on any atom is -0.320 e. The van der Waals surface area contributed by atoms with Gasteiger partial charge in [-0.1, -0.05) is 24.6 Å². The Morgan fingerprint density at radius 3 is 2.89 bits per heavy atom. The van der Waals surface area contributed by atoms with Gasteiger partial charge in [0.1, 0.15) is 0 Å². The van der Waals surface area contributed by atoms with Crippen molar-refractivity contribution in [2.24, 2.45) is 5.73 Å². The lowest BCUT2D eigenvalue weighted by Crippen LogP contribution is -2.11. The first-order valence-corrected chi connectivity index (χ1v) is 7.01. The molecular weight excluding hydrogens is 314 g/mol. The Kier molecular flexibility index (Phi) is 4.43. The number of nitrogens with two attached hydrogens (primary N) is 1. The average molecular weight is 329 g/mol. The van der Waals surface area contributed by atoms with E-state index in [1.807, 2.05) is 35.3 Å². The van der Waals surface area contributed by atoms with Gasteiger partial charge < -0.3 is 5.73 Å². The third-order valence-corrected chi connectivity index (χ3v) is 3.98. The maximum absolute atomic E-state index is 6.23. The van der Waals surface area contributed by atoms with Crippen molar-refractivity contribution >= 4 is 27.5 Å². The molecule has 0 saturated heterocycles. The fraction of sp³-hybridized carbons (Fsp3) is 0.308. The van der Waals surface area contributed by atoms with Crippen LogP contribution in [0.5, 0.6) is 0 Å². The molecule has 0 saturated carbocycles. The number of benzene rings is 1. The Hall–Kier alpha value is -0.840. The molecule has 1 unspecified atom stereocenters. The van der Waals surface area contributed by atoms with Gasteiger partial charge >= 0.3 is 0 Å². The molecule has 0 amide bonds. The monoisotopic (exact) mass is 327 g/mol. The second-order valence-electron chi connectivity index (χ2n) is 4.19. The van der Waals surface area contributed by atoms with Gasteiger partial charge in [0.2, 0.25) is 0 Å². The molecule has 0 aliphatic rings. The van der Waals surface area contributed by atoms with Crippen LogP contribution in [0.25, 0.3) is 0 Å². The normalized spacial score (nSPS) is 12.7. The molecule has 2 N–H and O–H groups in total. The zero-order valence-electron chi connectivity index (χ0n) is 10.1. The number of hydrogen-bond donors (Lipinski definition) is 1. The molecular formula is C13H15BrClN3. The van der Waals surface area contributed by atoms with Crippen LogP contribution in [0.3, 0.4) is 0 Å². The number of nitrogens with zero attached hydrogens (tertiary/aromatic N) is 2. The SMILES string of the molecule is CCCn1cc(C(N)c2ccc(Cl)c(Br)c2)cn1. The quantitative estimate of drug-likeness (QED) is 0.928. The summed E-state index contributed by atoms with van der Waals surface area (Å²) in [6.07, 6.45) is 4.88. The molecule has 18 heavy (non-hydrogen) atoms. The molecule has 1 aromatic carbocycles. The molecule has 0 spiro atoms. The second-order valence-corrected chi connectivity index (χ2v) is 5.45. The number of halogens is 2. The molecule has 0 bridgehead atoms. The molecule has 96 valence electrons. The van der Waals surface area contributed by atoms with Crippen molar-refractivity contribution < 1.29 is 0 Å². The van der Waals surface area contributed by atoms with Crippen molar-refractivity contribution in [1.82, 2.24) is 9.78 Å². The predicted molar refractivity (Wildman–Crippen MR) is 77.7 cm³/mol. The van der Waals surface area contributed by atoms with E-state index in [1.165, 1.54) is 0 Å². The van der Waals surface area contributed by atoms with E-state index in [9.17, 15) is 0 Å². The van der Waals surface area contributed by atoms with Crippen molar-refractivity contribution in [2.75, 3.05) is 0 Å². The summed E-state index contributed by atoms with van der Waals surface area (Å²) in [4.78, 5) is 0. The maximum Gasteiger partial charge on any atom is 0.0583 e. The summed E-state index contributed by atoms with van der Waals surface area (Å²) in [5.74, 6) is 0. The van der Waals surface area contributed by atoms with Gasteiger partial charge in [0, 0.05) is 22.8 Å². The third-order valence-electron chi connectivity index (χ3n) is 2.77. The molecule has 0 aliphatic heterocycles. The van der Waals surface area contributed by atoms with E-state index in [0.717, 1.165) is 28.6 Å². The summed E-state index contributed by atoms with van der Waals surface area (Å²) in [6, 6.07) is 5.56. The fourth-order valence-electron chi connectivity index (χ4n) is 1.79. The number of rotatable bonds is 4. The van der Waals surface area contributed by atoms with Crippen molar-refractivity contribution in [3.63, 3.8) is 0 Å². The van der Waals surface area contributed by atoms with Gasteiger partial charge in [0.25, 0.3) is 0 Å². The van der Waals surface area contributed by atoms with Crippen LogP contribution in [0.15, 0.2) is 35.1 Å². The first-order chi connectivity index (χ1) is 8.61. The third kappa shape index (κ3) is 2.94. The van der Waals surface area contributed by atoms with Crippen LogP contribution in [0.2, 0.25) is 5.02 Å². The van der Waals surface area contributed by atoms with Gasteiger partial charge in [-0.3, -0.25) is 4.68 Å². The van der Waals surface area contributed by atoms with E-state index in [2.05, 4.69) is 28.0 Å².